The molecule has 1 aliphatic rings. The Morgan fingerprint density at radius 1 is 1.03 bits per heavy atom. The van der Waals surface area contributed by atoms with Crippen molar-refractivity contribution >= 4 is 5.91 Å². The first-order valence-corrected chi connectivity index (χ1v) is 10.3. The molecule has 5 heteroatoms. The van der Waals surface area contributed by atoms with E-state index >= 15 is 0 Å². The molecule has 4 rings (SSSR count). The first-order chi connectivity index (χ1) is 14.6. The van der Waals surface area contributed by atoms with E-state index in [-0.39, 0.29) is 18.0 Å². The van der Waals surface area contributed by atoms with E-state index in [0.29, 0.717) is 16.9 Å². The molecule has 154 valence electrons. The van der Waals surface area contributed by atoms with Crippen LogP contribution in [-0.4, -0.2) is 18.0 Å². The summed E-state index contributed by atoms with van der Waals surface area (Å²) in [7, 11) is 1.56. The number of hydrogen-bond donors (Lipinski definition) is 2. The van der Waals surface area contributed by atoms with Gasteiger partial charge >= 0.3 is 0 Å². The molecule has 3 aromatic rings. The Morgan fingerprint density at radius 2 is 1.77 bits per heavy atom. The number of carbonyl (C=O) groups excluding carboxylic acids is 1. The van der Waals surface area contributed by atoms with Crippen LogP contribution in [-0.2, 0) is 19.4 Å². The SMILES string of the molecule is COc1cc(-c2ccccc2)ccc1C(=O)NCc1c2c(c(C)[nH]c1=O)CCCC2. The van der Waals surface area contributed by atoms with Gasteiger partial charge in [-0.05, 0) is 67.0 Å². The summed E-state index contributed by atoms with van der Waals surface area (Å²) >= 11 is 0. The lowest BCUT2D eigenvalue weighted by Gasteiger charge is -2.21. The van der Waals surface area contributed by atoms with Gasteiger partial charge in [-0.15, -0.1) is 0 Å². The minimum absolute atomic E-state index is 0.111. The Hall–Kier alpha value is -3.34. The Kier molecular flexibility index (Phi) is 5.70. The van der Waals surface area contributed by atoms with Crippen LogP contribution in [0.25, 0.3) is 11.1 Å². The number of amides is 1. The number of methoxy groups -OCH3 is 1. The number of pyridine rings is 1. The van der Waals surface area contributed by atoms with E-state index in [1.165, 1.54) is 5.56 Å². The predicted molar refractivity (Wildman–Crippen MR) is 118 cm³/mol. The number of H-pyrrole nitrogens is 1. The normalized spacial score (nSPS) is 12.9. The van der Waals surface area contributed by atoms with Crippen LogP contribution < -0.4 is 15.6 Å². The van der Waals surface area contributed by atoms with Crippen LogP contribution in [0.2, 0.25) is 0 Å². The maximum absolute atomic E-state index is 12.9. The van der Waals surface area contributed by atoms with Crippen molar-refractivity contribution in [2.45, 2.75) is 39.2 Å². The van der Waals surface area contributed by atoms with Crippen LogP contribution in [0.1, 0.15) is 45.6 Å². The molecule has 0 saturated carbocycles. The van der Waals surface area contributed by atoms with Crippen molar-refractivity contribution in [1.82, 2.24) is 10.3 Å². The molecule has 2 aromatic carbocycles. The first-order valence-electron chi connectivity index (χ1n) is 10.3. The van der Waals surface area contributed by atoms with Crippen LogP contribution >= 0.6 is 0 Å². The maximum atomic E-state index is 12.9. The molecule has 0 spiro atoms. The summed E-state index contributed by atoms with van der Waals surface area (Å²) in [5, 5.41) is 2.92. The van der Waals surface area contributed by atoms with Gasteiger partial charge in [-0.1, -0.05) is 36.4 Å². The Balaban J connectivity index is 1.57. The summed E-state index contributed by atoms with van der Waals surface area (Å²) in [4.78, 5) is 28.4. The molecule has 1 aromatic heterocycles. The fourth-order valence-corrected chi connectivity index (χ4v) is 4.25. The van der Waals surface area contributed by atoms with Gasteiger partial charge < -0.3 is 15.0 Å². The number of carbonyl (C=O) groups is 1. The summed E-state index contributed by atoms with van der Waals surface area (Å²) < 4.78 is 5.48. The molecule has 0 bridgehead atoms. The topological polar surface area (TPSA) is 71.2 Å². The molecular weight excluding hydrogens is 376 g/mol. The third-order valence-corrected chi connectivity index (χ3v) is 5.84. The molecule has 2 N–H and O–H groups in total. The van der Waals surface area contributed by atoms with Crippen molar-refractivity contribution in [1.29, 1.82) is 0 Å². The second-order valence-electron chi connectivity index (χ2n) is 7.69. The number of rotatable bonds is 5. The first kappa shape index (κ1) is 20.0. The van der Waals surface area contributed by atoms with Crippen LogP contribution in [0, 0.1) is 6.92 Å². The van der Waals surface area contributed by atoms with Gasteiger partial charge in [-0.3, -0.25) is 9.59 Å². The molecular formula is C25H26N2O3. The average molecular weight is 402 g/mol. The fraction of sp³-hybridized carbons (Fsp3) is 0.280. The lowest BCUT2D eigenvalue weighted by atomic mass is 9.88. The summed E-state index contributed by atoms with van der Waals surface area (Å²) in [5.74, 6) is 0.254. The molecule has 1 heterocycles. The number of aromatic nitrogens is 1. The Morgan fingerprint density at radius 3 is 2.50 bits per heavy atom. The van der Waals surface area contributed by atoms with Gasteiger partial charge in [0.1, 0.15) is 5.75 Å². The van der Waals surface area contributed by atoms with Gasteiger partial charge in [0.15, 0.2) is 0 Å². The Labute approximate surface area is 176 Å². The second kappa shape index (κ2) is 8.57. The summed E-state index contributed by atoms with van der Waals surface area (Å²) in [6.07, 6.45) is 4.08. The highest BCUT2D eigenvalue weighted by Crippen LogP contribution is 2.28. The maximum Gasteiger partial charge on any atom is 0.255 e. The number of hydrogen-bond acceptors (Lipinski definition) is 3. The van der Waals surface area contributed by atoms with Crippen LogP contribution in [0.5, 0.6) is 5.75 Å². The fourth-order valence-electron chi connectivity index (χ4n) is 4.25. The lowest BCUT2D eigenvalue weighted by molar-refractivity contribution is 0.0947. The van der Waals surface area contributed by atoms with Crippen molar-refractivity contribution in [2.24, 2.45) is 0 Å². The van der Waals surface area contributed by atoms with E-state index in [9.17, 15) is 9.59 Å². The molecule has 0 atom stereocenters. The van der Waals surface area contributed by atoms with Gasteiger partial charge in [0.05, 0.1) is 12.7 Å². The second-order valence-corrected chi connectivity index (χ2v) is 7.69. The van der Waals surface area contributed by atoms with Crippen molar-refractivity contribution in [3.05, 3.63) is 86.8 Å². The van der Waals surface area contributed by atoms with E-state index in [2.05, 4.69) is 10.3 Å². The number of nitrogens with one attached hydrogen (secondary N) is 2. The highest BCUT2D eigenvalue weighted by molar-refractivity contribution is 5.97. The lowest BCUT2D eigenvalue weighted by Crippen LogP contribution is -2.30. The highest BCUT2D eigenvalue weighted by Gasteiger charge is 2.20. The minimum Gasteiger partial charge on any atom is -0.496 e. The van der Waals surface area contributed by atoms with E-state index in [0.717, 1.165) is 48.1 Å². The number of aromatic amines is 1. The van der Waals surface area contributed by atoms with E-state index in [1.54, 1.807) is 13.2 Å². The van der Waals surface area contributed by atoms with Gasteiger partial charge in [-0.2, -0.15) is 0 Å². The minimum atomic E-state index is -0.254. The summed E-state index contributed by atoms with van der Waals surface area (Å²) in [6.45, 7) is 2.16. The summed E-state index contributed by atoms with van der Waals surface area (Å²) in [5.41, 5.74) is 6.33. The molecule has 1 aliphatic carbocycles. The zero-order valence-electron chi connectivity index (χ0n) is 17.4. The van der Waals surface area contributed by atoms with Gasteiger partial charge in [-0.25, -0.2) is 0 Å². The van der Waals surface area contributed by atoms with Gasteiger partial charge in [0.2, 0.25) is 0 Å². The molecule has 5 nitrogen and oxygen atoms in total. The van der Waals surface area contributed by atoms with E-state index in [1.807, 2.05) is 49.4 Å². The average Bonchev–Trinajstić information content (AvgIpc) is 2.79. The number of benzene rings is 2. The number of fused-ring (bicyclic) bond motifs is 1. The van der Waals surface area contributed by atoms with Crippen molar-refractivity contribution < 1.29 is 9.53 Å². The van der Waals surface area contributed by atoms with E-state index < -0.39 is 0 Å². The summed E-state index contributed by atoms with van der Waals surface area (Å²) in [6, 6.07) is 15.5. The van der Waals surface area contributed by atoms with Crippen LogP contribution in [0.3, 0.4) is 0 Å². The smallest absolute Gasteiger partial charge is 0.255 e. The van der Waals surface area contributed by atoms with Crippen LogP contribution in [0.4, 0.5) is 0 Å². The Bertz CT molecular complexity index is 1130. The van der Waals surface area contributed by atoms with Gasteiger partial charge in [0, 0.05) is 17.8 Å². The molecule has 0 unspecified atom stereocenters. The zero-order valence-corrected chi connectivity index (χ0v) is 17.4. The highest BCUT2D eigenvalue weighted by atomic mass is 16.5. The zero-order chi connectivity index (χ0) is 21.1. The van der Waals surface area contributed by atoms with Crippen molar-refractivity contribution in [2.75, 3.05) is 7.11 Å². The quantitative estimate of drug-likeness (QED) is 0.673. The van der Waals surface area contributed by atoms with Crippen LogP contribution in [0.15, 0.2) is 53.3 Å². The monoisotopic (exact) mass is 402 g/mol. The molecule has 0 aliphatic heterocycles. The van der Waals surface area contributed by atoms with Crippen molar-refractivity contribution in [3.63, 3.8) is 0 Å². The molecule has 0 radical (unpaired) electrons. The standard InChI is InChI=1S/C25H26N2O3/c1-16-19-10-6-7-11-20(19)22(25(29)27-16)15-26-24(28)21-13-12-18(14-23(21)30-2)17-8-4-3-5-9-17/h3-5,8-9,12-14H,6-7,10-11,15H2,1-2H3,(H,26,28)(H,27,29). The largest absolute Gasteiger partial charge is 0.496 e. The third kappa shape index (κ3) is 3.88. The molecule has 30 heavy (non-hydrogen) atoms. The predicted octanol–water partition coefficient (Wildman–Crippen LogP) is 4.17. The molecule has 1 amide bonds. The molecule has 0 fully saturated rings. The third-order valence-electron chi connectivity index (χ3n) is 5.84. The van der Waals surface area contributed by atoms with Gasteiger partial charge in [0.25, 0.3) is 11.5 Å². The number of aryl methyl sites for hydroxylation is 1. The number of ether oxygens (including phenoxy) is 1. The van der Waals surface area contributed by atoms with Crippen molar-refractivity contribution in [3.8, 4) is 16.9 Å². The van der Waals surface area contributed by atoms with E-state index in [4.69, 9.17) is 4.74 Å². The molecule has 0 saturated heterocycles.